The maximum absolute atomic E-state index is 13.7. The number of aromatic nitrogens is 3. The van der Waals surface area contributed by atoms with Gasteiger partial charge in [-0.15, -0.1) is 0 Å². The highest BCUT2D eigenvalue weighted by atomic mass is 19.1. The Morgan fingerprint density at radius 1 is 1.06 bits per heavy atom. The Balaban J connectivity index is 1.45. The fraction of sp³-hybridized carbons (Fsp3) is 0.360. The number of benzene rings is 1. The molecule has 2 aliphatic rings. The fourth-order valence-corrected chi connectivity index (χ4v) is 4.39. The third-order valence-electron chi connectivity index (χ3n) is 6.35. The number of nitrogens with zero attached hydrogens (tertiary/aromatic N) is 4. The van der Waals surface area contributed by atoms with Gasteiger partial charge in [-0.2, -0.15) is 0 Å². The minimum Gasteiger partial charge on any atom is -0.342 e. The van der Waals surface area contributed by atoms with Crippen LogP contribution in [-0.4, -0.2) is 38.8 Å². The van der Waals surface area contributed by atoms with Gasteiger partial charge >= 0.3 is 0 Å². The highest BCUT2D eigenvalue weighted by molar-refractivity contribution is 5.79. The maximum atomic E-state index is 13.7. The number of piperidine rings is 1. The third kappa shape index (κ3) is 4.47. The zero-order valence-electron chi connectivity index (χ0n) is 17.9. The van der Waals surface area contributed by atoms with Crippen LogP contribution in [0.2, 0.25) is 0 Å². The number of carbonyl (C=O) groups excluding carboxylic acids is 1. The second kappa shape index (κ2) is 9.02. The van der Waals surface area contributed by atoms with Gasteiger partial charge in [0.2, 0.25) is 5.91 Å². The number of hydrogen-bond acceptors (Lipinski definition) is 5. The van der Waals surface area contributed by atoms with E-state index in [0.29, 0.717) is 23.9 Å². The summed E-state index contributed by atoms with van der Waals surface area (Å²) < 4.78 is 13.7. The molecule has 1 saturated heterocycles. The molecule has 1 N–H and O–H groups in total. The lowest BCUT2D eigenvalue weighted by Crippen LogP contribution is -2.44. The highest BCUT2D eigenvalue weighted by Crippen LogP contribution is 2.33. The Morgan fingerprint density at radius 3 is 2.72 bits per heavy atom. The van der Waals surface area contributed by atoms with Crippen LogP contribution in [0.3, 0.4) is 0 Å². The minimum absolute atomic E-state index is 0.0671. The first-order valence-electron chi connectivity index (χ1n) is 11.3. The van der Waals surface area contributed by atoms with E-state index in [2.05, 4.69) is 10.3 Å². The Morgan fingerprint density at radius 2 is 1.97 bits per heavy atom. The van der Waals surface area contributed by atoms with Crippen molar-refractivity contribution < 1.29 is 9.18 Å². The van der Waals surface area contributed by atoms with Crippen molar-refractivity contribution in [2.45, 2.75) is 38.0 Å². The van der Waals surface area contributed by atoms with Gasteiger partial charge in [0.05, 0.1) is 5.69 Å². The Labute approximate surface area is 186 Å². The number of pyridine rings is 1. The number of anilines is 2. The van der Waals surface area contributed by atoms with Gasteiger partial charge in [0.25, 0.3) is 0 Å². The summed E-state index contributed by atoms with van der Waals surface area (Å²) in [4.78, 5) is 28.7. The standard InChI is InChI=1S/C25H26FN5O/c26-20-9-2-10-21(13-20)28-23-14-22(18-7-3-11-27-15-18)29-24(30-23)19-8-4-12-31(16-19)25(32)17-5-1-6-17/h2-3,7,9-11,13-15,17,19H,1,4-6,8,12,16H2,(H,28,29,30). The summed E-state index contributed by atoms with van der Waals surface area (Å²) in [6.45, 7) is 1.45. The molecule has 2 fully saturated rings. The first kappa shape index (κ1) is 20.5. The number of nitrogens with one attached hydrogen (secondary N) is 1. The van der Waals surface area contributed by atoms with Crippen molar-refractivity contribution in [1.82, 2.24) is 19.9 Å². The Kier molecular flexibility index (Phi) is 5.79. The van der Waals surface area contributed by atoms with E-state index in [1.54, 1.807) is 24.5 Å². The van der Waals surface area contributed by atoms with Crippen LogP contribution in [0.15, 0.2) is 54.9 Å². The van der Waals surface area contributed by atoms with Gasteiger partial charge in [-0.25, -0.2) is 14.4 Å². The lowest BCUT2D eigenvalue weighted by molar-refractivity contribution is -0.139. The van der Waals surface area contributed by atoms with E-state index in [-0.39, 0.29) is 23.6 Å². The minimum atomic E-state index is -0.311. The topological polar surface area (TPSA) is 71.0 Å². The first-order valence-corrected chi connectivity index (χ1v) is 11.3. The molecule has 7 heteroatoms. The summed E-state index contributed by atoms with van der Waals surface area (Å²) in [7, 11) is 0. The largest absolute Gasteiger partial charge is 0.342 e. The van der Waals surface area contributed by atoms with Crippen LogP contribution in [0, 0.1) is 11.7 Å². The van der Waals surface area contributed by atoms with E-state index in [9.17, 15) is 9.18 Å². The van der Waals surface area contributed by atoms with Crippen molar-refractivity contribution >= 4 is 17.4 Å². The molecular formula is C25H26FN5O. The van der Waals surface area contributed by atoms with Crippen molar-refractivity contribution in [2.24, 2.45) is 5.92 Å². The van der Waals surface area contributed by atoms with Crippen LogP contribution in [0.5, 0.6) is 0 Å². The van der Waals surface area contributed by atoms with Crippen molar-refractivity contribution in [2.75, 3.05) is 18.4 Å². The van der Waals surface area contributed by atoms with Gasteiger partial charge in [0, 0.05) is 54.6 Å². The van der Waals surface area contributed by atoms with Gasteiger partial charge in [-0.3, -0.25) is 9.78 Å². The molecule has 3 heterocycles. The number of rotatable bonds is 5. The molecule has 32 heavy (non-hydrogen) atoms. The SMILES string of the molecule is O=C(C1CCC1)N1CCCC(c2nc(Nc3cccc(F)c3)cc(-c3cccnc3)n2)C1. The number of likely N-dealkylation sites (tertiary alicyclic amines) is 1. The van der Waals surface area contributed by atoms with Crippen LogP contribution in [0.1, 0.15) is 43.8 Å². The van der Waals surface area contributed by atoms with Crippen molar-refractivity contribution in [1.29, 1.82) is 0 Å². The van der Waals surface area contributed by atoms with E-state index in [1.165, 1.54) is 12.1 Å². The van der Waals surface area contributed by atoms with Crippen molar-refractivity contribution in [3.05, 3.63) is 66.5 Å². The van der Waals surface area contributed by atoms with Crippen LogP contribution in [0.25, 0.3) is 11.3 Å². The number of amides is 1. The molecular weight excluding hydrogens is 405 g/mol. The summed E-state index contributed by atoms with van der Waals surface area (Å²) in [5.41, 5.74) is 2.26. The normalized spacial score (nSPS) is 18.8. The van der Waals surface area contributed by atoms with Crippen molar-refractivity contribution in [3.8, 4) is 11.3 Å². The monoisotopic (exact) mass is 431 g/mol. The quantitative estimate of drug-likeness (QED) is 0.620. The molecule has 1 saturated carbocycles. The third-order valence-corrected chi connectivity index (χ3v) is 6.35. The molecule has 0 bridgehead atoms. The number of carbonyl (C=O) groups is 1. The molecule has 1 aromatic carbocycles. The fourth-order valence-electron chi connectivity index (χ4n) is 4.39. The lowest BCUT2D eigenvalue weighted by Gasteiger charge is -2.36. The van der Waals surface area contributed by atoms with Crippen LogP contribution < -0.4 is 5.32 Å². The molecule has 2 aromatic heterocycles. The van der Waals surface area contributed by atoms with Gasteiger partial charge in [0.15, 0.2) is 0 Å². The van der Waals surface area contributed by atoms with E-state index in [1.807, 2.05) is 23.1 Å². The average molecular weight is 432 g/mol. The summed E-state index contributed by atoms with van der Waals surface area (Å²) in [5, 5.41) is 3.21. The molecule has 1 atom stereocenters. The summed E-state index contributed by atoms with van der Waals surface area (Å²) in [6.07, 6.45) is 8.54. The summed E-state index contributed by atoms with van der Waals surface area (Å²) in [6, 6.07) is 12.0. The number of halogens is 1. The molecule has 1 aliphatic heterocycles. The highest BCUT2D eigenvalue weighted by Gasteiger charge is 2.33. The molecule has 3 aromatic rings. The maximum Gasteiger partial charge on any atom is 0.225 e. The molecule has 0 radical (unpaired) electrons. The van der Waals surface area contributed by atoms with Gasteiger partial charge in [0.1, 0.15) is 17.5 Å². The van der Waals surface area contributed by atoms with Gasteiger partial charge in [-0.1, -0.05) is 12.5 Å². The zero-order chi connectivity index (χ0) is 21.9. The second-order valence-corrected chi connectivity index (χ2v) is 8.62. The van der Waals surface area contributed by atoms with E-state index < -0.39 is 0 Å². The predicted octanol–water partition coefficient (Wildman–Crippen LogP) is 4.93. The van der Waals surface area contributed by atoms with Gasteiger partial charge in [-0.05, 0) is 56.0 Å². The molecule has 6 nitrogen and oxygen atoms in total. The van der Waals surface area contributed by atoms with E-state index in [4.69, 9.17) is 9.97 Å². The van der Waals surface area contributed by atoms with Crippen LogP contribution in [0.4, 0.5) is 15.9 Å². The Hall–Kier alpha value is -3.35. The summed E-state index contributed by atoms with van der Waals surface area (Å²) >= 11 is 0. The average Bonchev–Trinajstić information content (AvgIpc) is 2.78. The molecule has 0 spiro atoms. The number of hydrogen-bond donors (Lipinski definition) is 1. The van der Waals surface area contributed by atoms with Crippen LogP contribution in [-0.2, 0) is 4.79 Å². The predicted molar refractivity (Wildman–Crippen MR) is 121 cm³/mol. The lowest BCUT2D eigenvalue weighted by atomic mass is 9.83. The zero-order valence-corrected chi connectivity index (χ0v) is 17.9. The molecule has 1 aliphatic carbocycles. The summed E-state index contributed by atoms with van der Waals surface area (Å²) in [5.74, 6) is 1.54. The first-order chi connectivity index (χ1) is 15.7. The van der Waals surface area contributed by atoms with Crippen LogP contribution >= 0.6 is 0 Å². The molecule has 5 rings (SSSR count). The van der Waals surface area contributed by atoms with Crippen molar-refractivity contribution in [3.63, 3.8) is 0 Å². The molecule has 1 amide bonds. The Bertz CT molecular complexity index is 1100. The van der Waals surface area contributed by atoms with Gasteiger partial charge < -0.3 is 10.2 Å². The molecule has 1 unspecified atom stereocenters. The smallest absolute Gasteiger partial charge is 0.225 e. The van der Waals surface area contributed by atoms with E-state index in [0.717, 1.165) is 49.9 Å². The van der Waals surface area contributed by atoms with E-state index >= 15 is 0 Å². The second-order valence-electron chi connectivity index (χ2n) is 8.62. The molecule has 164 valence electrons.